The first-order valence-electron chi connectivity index (χ1n) is 4.42. The van der Waals surface area contributed by atoms with Crippen LogP contribution < -0.4 is 0 Å². The molecule has 0 radical (unpaired) electrons. The third kappa shape index (κ3) is 7.84. The van der Waals surface area contributed by atoms with Gasteiger partial charge in [0.1, 0.15) is 5.25 Å². The number of thiol groups is 1. The van der Waals surface area contributed by atoms with E-state index in [9.17, 15) is 4.79 Å². The molecule has 0 heterocycles. The molecular weight excluding hydrogens is 240 g/mol. The highest BCUT2D eigenvalue weighted by Crippen LogP contribution is 2.25. The number of rotatable bonds is 8. The van der Waals surface area contributed by atoms with E-state index in [0.717, 1.165) is 30.6 Å². The topological polar surface area (TPSA) is 46.5 Å². The third-order valence-corrected chi connectivity index (χ3v) is 3.90. The molecule has 2 unspecified atom stereocenters. The van der Waals surface area contributed by atoms with Crippen LogP contribution in [-0.4, -0.2) is 26.8 Å². The first kappa shape index (κ1) is 14.5. The van der Waals surface area contributed by atoms with E-state index in [0.29, 0.717) is 0 Å². The van der Waals surface area contributed by atoms with Gasteiger partial charge in [0, 0.05) is 12.0 Å². The van der Waals surface area contributed by atoms with Gasteiger partial charge in [0.25, 0.3) is 0 Å². The van der Waals surface area contributed by atoms with Crippen LogP contribution in [0.1, 0.15) is 26.7 Å². The second-order valence-corrected chi connectivity index (χ2v) is 5.78. The van der Waals surface area contributed by atoms with Crippen LogP contribution in [-0.2, 0) is 8.98 Å². The molecule has 14 heavy (non-hydrogen) atoms. The Hall–Kier alpha value is 0.480. The first-order valence-corrected chi connectivity index (χ1v) is 6.79. The van der Waals surface area contributed by atoms with E-state index in [-0.39, 0.29) is 4.77 Å². The molecule has 0 amide bonds. The number of hydrogen-bond donors (Lipinski definition) is 2. The molecule has 84 valence electrons. The van der Waals surface area contributed by atoms with Gasteiger partial charge in [-0.2, -0.15) is 0 Å². The molecule has 0 aliphatic heterocycles. The van der Waals surface area contributed by atoms with Crippen molar-refractivity contribution in [1.29, 1.82) is 0 Å². The molecule has 0 aliphatic carbocycles. The molecule has 0 fully saturated rings. The summed E-state index contributed by atoms with van der Waals surface area (Å²) in [5, 5.41) is 8.03. The fourth-order valence-corrected chi connectivity index (χ4v) is 2.35. The molecule has 0 saturated carbocycles. The number of unbranched alkanes of at least 4 members (excludes halogenated alkanes) is 1. The van der Waals surface area contributed by atoms with Crippen molar-refractivity contribution in [2.75, 3.05) is 5.75 Å². The second kappa shape index (κ2) is 8.76. The van der Waals surface area contributed by atoms with Crippen LogP contribution in [0, 0.1) is 0 Å². The van der Waals surface area contributed by atoms with Crippen molar-refractivity contribution in [3.05, 3.63) is 0 Å². The van der Waals surface area contributed by atoms with Crippen molar-refractivity contribution in [3.8, 4) is 0 Å². The van der Waals surface area contributed by atoms with Gasteiger partial charge in [-0.15, -0.1) is 24.4 Å². The van der Waals surface area contributed by atoms with Crippen molar-refractivity contribution in [2.24, 2.45) is 0 Å². The summed E-state index contributed by atoms with van der Waals surface area (Å²) in [6.45, 7) is 3.71. The standard InChI is InChI=1S/C8H16O3S3/c1-3-4-5-13-8(12)11-14-6(2)7(9)10/h6,8,12H,3-5H2,1-2H3,(H,9,10). The molecule has 0 aromatic rings. The van der Waals surface area contributed by atoms with Crippen LogP contribution in [0.4, 0.5) is 0 Å². The highest BCUT2D eigenvalue weighted by Gasteiger charge is 2.14. The van der Waals surface area contributed by atoms with Crippen LogP contribution in [0.3, 0.4) is 0 Å². The van der Waals surface area contributed by atoms with Crippen LogP contribution in [0.2, 0.25) is 0 Å². The van der Waals surface area contributed by atoms with E-state index in [1.807, 2.05) is 0 Å². The fraction of sp³-hybridized carbons (Fsp3) is 0.875. The molecule has 6 heteroatoms. The number of aliphatic carboxylic acids is 1. The van der Waals surface area contributed by atoms with E-state index in [4.69, 9.17) is 9.29 Å². The highest BCUT2D eigenvalue weighted by molar-refractivity contribution is 8.10. The average Bonchev–Trinajstić information content (AvgIpc) is 2.14. The van der Waals surface area contributed by atoms with Gasteiger partial charge in [0.05, 0.1) is 0 Å². The Morgan fingerprint density at radius 3 is 2.79 bits per heavy atom. The minimum Gasteiger partial charge on any atom is -0.480 e. The number of carboxylic acid groups (broad SMARTS) is 1. The largest absolute Gasteiger partial charge is 0.480 e. The summed E-state index contributed by atoms with van der Waals surface area (Å²) >= 11 is 6.71. The average molecular weight is 256 g/mol. The zero-order chi connectivity index (χ0) is 11.0. The Morgan fingerprint density at radius 1 is 1.64 bits per heavy atom. The van der Waals surface area contributed by atoms with E-state index >= 15 is 0 Å². The Kier molecular flexibility index (Phi) is 9.06. The second-order valence-electron chi connectivity index (χ2n) is 2.70. The number of hydrogen-bond acceptors (Lipinski definition) is 5. The quantitative estimate of drug-likeness (QED) is 0.303. The van der Waals surface area contributed by atoms with E-state index < -0.39 is 11.2 Å². The minimum atomic E-state index is -0.867. The van der Waals surface area contributed by atoms with Crippen molar-refractivity contribution < 1.29 is 14.1 Å². The van der Waals surface area contributed by atoms with Crippen LogP contribution in [0.25, 0.3) is 0 Å². The van der Waals surface area contributed by atoms with Gasteiger partial charge in [-0.25, -0.2) is 0 Å². The molecular formula is C8H16O3S3. The predicted octanol–water partition coefficient (Wildman–Crippen LogP) is 2.87. The van der Waals surface area contributed by atoms with Crippen LogP contribution in [0.15, 0.2) is 0 Å². The molecule has 2 atom stereocenters. The normalized spacial score (nSPS) is 15.1. The summed E-state index contributed by atoms with van der Waals surface area (Å²) in [5.74, 6) is 0.126. The van der Waals surface area contributed by atoms with E-state index in [1.54, 1.807) is 18.7 Å². The summed E-state index contributed by atoms with van der Waals surface area (Å²) in [7, 11) is 0. The van der Waals surface area contributed by atoms with Crippen molar-refractivity contribution in [3.63, 3.8) is 0 Å². The minimum absolute atomic E-state index is 0.242. The van der Waals surface area contributed by atoms with Crippen molar-refractivity contribution in [1.82, 2.24) is 0 Å². The van der Waals surface area contributed by atoms with Crippen molar-refractivity contribution >= 4 is 42.4 Å². The van der Waals surface area contributed by atoms with Gasteiger partial charge in [-0.3, -0.25) is 8.98 Å². The summed E-state index contributed by atoms with van der Waals surface area (Å²) in [6.07, 6.45) is 2.27. The van der Waals surface area contributed by atoms with Crippen LogP contribution >= 0.6 is 36.4 Å². The lowest BCUT2D eigenvalue weighted by atomic mass is 10.4. The Labute approximate surface area is 99.0 Å². The summed E-state index contributed by atoms with van der Waals surface area (Å²) < 4.78 is 4.93. The summed E-state index contributed by atoms with van der Waals surface area (Å²) in [6, 6.07) is 0. The third-order valence-electron chi connectivity index (χ3n) is 1.39. The summed E-state index contributed by atoms with van der Waals surface area (Å²) in [5.41, 5.74) is 0. The molecule has 0 aromatic carbocycles. The maximum Gasteiger partial charge on any atom is 0.318 e. The van der Waals surface area contributed by atoms with Crippen LogP contribution in [0.5, 0.6) is 0 Å². The zero-order valence-electron chi connectivity index (χ0n) is 8.30. The Morgan fingerprint density at radius 2 is 2.29 bits per heavy atom. The molecule has 0 bridgehead atoms. The Bertz CT molecular complexity index is 166. The van der Waals surface area contributed by atoms with Gasteiger partial charge >= 0.3 is 5.97 Å². The van der Waals surface area contributed by atoms with Gasteiger partial charge in [0.15, 0.2) is 4.77 Å². The molecule has 0 aliphatic rings. The zero-order valence-corrected chi connectivity index (χ0v) is 10.8. The Balaban J connectivity index is 3.43. The lowest BCUT2D eigenvalue weighted by Gasteiger charge is -2.11. The molecule has 0 aromatic heterocycles. The van der Waals surface area contributed by atoms with Gasteiger partial charge in [-0.05, 0) is 19.1 Å². The van der Waals surface area contributed by atoms with Gasteiger partial charge < -0.3 is 5.11 Å². The van der Waals surface area contributed by atoms with Gasteiger partial charge in [-0.1, -0.05) is 13.3 Å². The lowest BCUT2D eigenvalue weighted by molar-refractivity contribution is -0.136. The van der Waals surface area contributed by atoms with E-state index in [1.165, 1.54) is 0 Å². The lowest BCUT2D eigenvalue weighted by Crippen LogP contribution is -2.13. The first-order chi connectivity index (χ1) is 6.57. The number of carboxylic acids is 1. The maximum atomic E-state index is 10.4. The number of carbonyl (C=O) groups is 1. The smallest absolute Gasteiger partial charge is 0.318 e. The highest BCUT2D eigenvalue weighted by atomic mass is 32.2. The van der Waals surface area contributed by atoms with Crippen molar-refractivity contribution in [2.45, 2.75) is 36.7 Å². The summed E-state index contributed by atoms with van der Waals surface area (Å²) in [4.78, 5) is 10.4. The molecule has 0 rings (SSSR count). The fourth-order valence-electron chi connectivity index (χ4n) is 0.528. The molecule has 0 spiro atoms. The predicted molar refractivity (Wildman–Crippen MR) is 65.9 cm³/mol. The number of thioether (sulfide) groups is 1. The van der Waals surface area contributed by atoms with E-state index in [2.05, 4.69) is 19.6 Å². The SMILES string of the molecule is CCCCSC(S)OSC(C)C(=O)O. The monoisotopic (exact) mass is 256 g/mol. The molecule has 3 nitrogen and oxygen atoms in total. The molecule has 1 N–H and O–H groups in total. The molecule has 0 saturated heterocycles. The maximum absolute atomic E-state index is 10.4. The van der Waals surface area contributed by atoms with Gasteiger partial charge in [0.2, 0.25) is 0 Å².